The largest absolute Gasteiger partial charge is 0.376 e. The molecule has 0 aromatic heterocycles. The van der Waals surface area contributed by atoms with Crippen LogP contribution in [0.2, 0.25) is 0 Å². The average Bonchev–Trinajstić information content (AvgIpc) is 3.33. The molecule has 9 atom stereocenters. The molecule has 33 heavy (non-hydrogen) atoms. The molecule has 9 nitrogen and oxygen atoms in total. The summed E-state index contributed by atoms with van der Waals surface area (Å²) in [6.07, 6.45) is -0.825. The van der Waals surface area contributed by atoms with Crippen LogP contribution in [0, 0.1) is 12.5 Å². The van der Waals surface area contributed by atoms with Gasteiger partial charge in [-0.2, -0.15) is 0 Å². The van der Waals surface area contributed by atoms with Crippen molar-refractivity contribution in [1.29, 1.82) is 0 Å². The molecule has 0 aromatic carbocycles. The molecular formula is C22H40N2O7P2. The zero-order chi connectivity index (χ0) is 26.5. The molecule has 0 N–H and O–H groups in total. The van der Waals surface area contributed by atoms with E-state index in [-0.39, 0.29) is 57.2 Å². The van der Waals surface area contributed by atoms with E-state index in [0.29, 0.717) is 12.8 Å². The highest BCUT2D eigenvalue weighted by Gasteiger charge is 2.46. The van der Waals surface area contributed by atoms with Gasteiger partial charge in [-0.3, -0.25) is 4.57 Å². The maximum absolute atomic E-state index is 13.6. The van der Waals surface area contributed by atoms with Crippen LogP contribution >= 0.6 is 16.1 Å². The minimum atomic E-state index is -3.51. The van der Waals surface area contributed by atoms with Gasteiger partial charge < -0.3 is 32.4 Å². The van der Waals surface area contributed by atoms with Gasteiger partial charge in [-0.05, 0) is 47.4 Å². The predicted molar refractivity (Wildman–Crippen MR) is 127 cm³/mol. The van der Waals surface area contributed by atoms with Gasteiger partial charge in [-0.25, -0.2) is 11.2 Å². The van der Waals surface area contributed by atoms with Crippen molar-refractivity contribution in [3.63, 3.8) is 0 Å². The number of hydrogen-bond acceptors (Lipinski definition) is 8. The Balaban J connectivity index is 1.72. The first-order valence-corrected chi connectivity index (χ1v) is 14.5. The summed E-state index contributed by atoms with van der Waals surface area (Å²) in [5.74, 6) is -0.208. The maximum atomic E-state index is 13.6. The highest BCUT2D eigenvalue weighted by molar-refractivity contribution is 7.53. The molecule has 3 aliphatic heterocycles. The Kier molecular flexibility index (Phi) is 8.97. The Morgan fingerprint density at radius 2 is 1.97 bits per heavy atom. The monoisotopic (exact) mass is 511 g/mol. The van der Waals surface area contributed by atoms with Gasteiger partial charge in [0.25, 0.3) is 8.53 Å². The van der Waals surface area contributed by atoms with Gasteiger partial charge in [0.15, 0.2) is 0 Å². The van der Waals surface area contributed by atoms with Gasteiger partial charge >= 0.3 is 7.60 Å². The van der Waals surface area contributed by atoms with E-state index in [9.17, 15) is 4.57 Å². The van der Waals surface area contributed by atoms with Crippen molar-refractivity contribution in [1.82, 2.24) is 4.67 Å². The van der Waals surface area contributed by atoms with Crippen LogP contribution in [-0.4, -0.2) is 80.3 Å². The third-order valence-electron chi connectivity index (χ3n) is 5.84. The van der Waals surface area contributed by atoms with Gasteiger partial charge in [0.05, 0.1) is 39.9 Å². The molecule has 0 aliphatic carbocycles. The summed E-state index contributed by atoms with van der Waals surface area (Å²) in [4.78, 5) is 3.38. The fraction of sp³-hybridized carbons (Fsp3) is 0.955. The summed E-state index contributed by atoms with van der Waals surface area (Å²) < 4.78 is 74.9. The van der Waals surface area contributed by atoms with Crippen LogP contribution in [0.4, 0.5) is 0 Å². The van der Waals surface area contributed by atoms with Crippen molar-refractivity contribution in [2.75, 3.05) is 39.1 Å². The van der Waals surface area contributed by atoms with E-state index in [1.54, 1.807) is 0 Å². The number of hydrogen-bond donors (Lipinski definition) is 0. The minimum Gasteiger partial charge on any atom is -0.376 e. The molecule has 3 saturated heterocycles. The molecule has 1 unspecified atom stereocenters. The lowest BCUT2D eigenvalue weighted by Crippen LogP contribution is -2.39. The lowest BCUT2D eigenvalue weighted by molar-refractivity contribution is -0.00650. The third-order valence-corrected chi connectivity index (χ3v) is 10.1. The lowest BCUT2D eigenvalue weighted by atomic mass is 9.97. The van der Waals surface area contributed by atoms with Crippen molar-refractivity contribution in [2.24, 2.45) is 5.92 Å². The van der Waals surface area contributed by atoms with E-state index in [1.807, 2.05) is 0 Å². The van der Waals surface area contributed by atoms with Gasteiger partial charge in [-0.15, -0.1) is 0 Å². The predicted octanol–water partition coefficient (Wildman–Crippen LogP) is 4.87. The molecule has 0 spiro atoms. The molecule has 3 rings (SSSR count). The Hall–Kier alpha value is -0.130. The molecule has 0 aromatic rings. The number of nitrogens with zero attached hydrogens (tertiary/aromatic N) is 2. The van der Waals surface area contributed by atoms with Gasteiger partial charge in [0, 0.05) is 39.0 Å². The summed E-state index contributed by atoms with van der Waals surface area (Å²) in [7, 11) is -5.02. The molecule has 11 heteroatoms. The summed E-state index contributed by atoms with van der Waals surface area (Å²) in [5.41, 5.74) is 0. The number of ether oxygens (including phenoxy) is 2. The lowest BCUT2D eigenvalue weighted by Gasteiger charge is -2.39. The summed E-state index contributed by atoms with van der Waals surface area (Å²) >= 11 is 0. The smallest absolute Gasteiger partial charge is 0.331 e. The van der Waals surface area contributed by atoms with Crippen molar-refractivity contribution < 1.29 is 36.2 Å². The Morgan fingerprint density at radius 1 is 1.24 bits per heavy atom. The van der Waals surface area contributed by atoms with Crippen LogP contribution in [0.5, 0.6) is 0 Å². The first-order valence-electron chi connectivity index (χ1n) is 13.5. The fourth-order valence-electron chi connectivity index (χ4n) is 4.35. The van der Waals surface area contributed by atoms with E-state index >= 15 is 0 Å². The van der Waals surface area contributed by atoms with Crippen LogP contribution in [0.15, 0.2) is 0 Å². The van der Waals surface area contributed by atoms with Gasteiger partial charge in [0.2, 0.25) is 6.54 Å². The molecular weight excluding hydrogens is 466 g/mol. The highest BCUT2D eigenvalue weighted by atomic mass is 31.2. The first kappa shape index (κ1) is 23.3. The van der Waals surface area contributed by atoms with Crippen molar-refractivity contribution in [3.05, 3.63) is 11.4 Å². The highest BCUT2D eigenvalue weighted by Crippen LogP contribution is 2.57. The van der Waals surface area contributed by atoms with Crippen LogP contribution in [-0.2, 0) is 32.1 Å². The standard InChI is InChI=1S/C22H40N2O7P2/c1-16(2)24(17(3)4)32(28-14-10-23-6)30-21-9-12-27-22(21)19-7-13-29-33(25,15-19)31-20-8-11-26-18(20)5/h16-22H,7-15H2,1-5H3/t18-,19-,20+,21+,22-,32?,33+/m1/s1/i5D,11T,12T/t11-,12-,18+,19+,20-,21-,22+,32?,33-/m0. The first-order chi connectivity index (χ1) is 17.1. The molecule has 3 heterocycles. The molecule has 0 saturated carbocycles. The van der Waals surface area contributed by atoms with Crippen molar-refractivity contribution in [2.45, 2.75) is 90.4 Å². The van der Waals surface area contributed by atoms with Crippen molar-refractivity contribution in [3.8, 4) is 0 Å². The minimum absolute atomic E-state index is 0.0785. The van der Waals surface area contributed by atoms with Gasteiger partial charge in [0.1, 0.15) is 6.61 Å². The van der Waals surface area contributed by atoms with Crippen LogP contribution in [0.25, 0.3) is 4.85 Å². The SMILES string of the molecule is [2H]C[C@H]1O[C@@H]([3H])C[C@@H]1O[P@]1(=O)C[C@H]([C@H]2O[C@@H]([3H])C[C@@H]2OP(OCC[N+]#[C-])N(C(C)C)C(C)C)CCO1. The topological polar surface area (TPSA) is 80.1 Å². The second kappa shape index (κ2) is 12.7. The quantitative estimate of drug-likeness (QED) is 0.221. The van der Waals surface area contributed by atoms with Crippen LogP contribution in [0.1, 0.15) is 58.0 Å². The molecule has 3 aliphatic rings. The second-order valence-corrected chi connectivity index (χ2v) is 12.5. The van der Waals surface area contributed by atoms with E-state index in [1.165, 1.54) is 0 Å². The van der Waals surface area contributed by atoms with Crippen molar-refractivity contribution >= 4 is 16.1 Å². The van der Waals surface area contributed by atoms with E-state index in [0.717, 1.165) is 0 Å². The molecule has 190 valence electrons. The Morgan fingerprint density at radius 3 is 2.67 bits per heavy atom. The molecule has 0 amide bonds. The third kappa shape index (κ3) is 7.43. The Bertz CT molecular complexity index is 785. The summed E-state index contributed by atoms with van der Waals surface area (Å²) in [5, 5.41) is 0. The van der Waals surface area contributed by atoms with Crippen LogP contribution in [0.3, 0.4) is 0 Å². The molecule has 0 radical (unpaired) electrons. The van der Waals surface area contributed by atoms with E-state index in [2.05, 4.69) is 37.2 Å². The molecule has 3 fully saturated rings. The second-order valence-electron chi connectivity index (χ2n) is 9.06. The normalized spacial score (nSPS) is 41.8. The fourth-order valence-corrected chi connectivity index (χ4v) is 8.32. The van der Waals surface area contributed by atoms with Crippen LogP contribution < -0.4 is 0 Å². The maximum Gasteiger partial charge on any atom is 0.331 e. The number of rotatable bonds is 11. The zero-order valence-corrected chi connectivity index (χ0v) is 21.8. The Labute approximate surface area is 204 Å². The van der Waals surface area contributed by atoms with Gasteiger partial charge in [-0.1, -0.05) is 0 Å². The molecule has 0 bridgehead atoms. The van der Waals surface area contributed by atoms with E-state index in [4.69, 9.17) is 38.3 Å². The van der Waals surface area contributed by atoms with E-state index < -0.39 is 53.7 Å². The zero-order valence-electron chi connectivity index (χ0n) is 23.0. The summed E-state index contributed by atoms with van der Waals surface area (Å²) in [6, 6.07) is 0.292. The summed E-state index contributed by atoms with van der Waals surface area (Å²) in [6.45, 7) is 14.4. The average molecular weight is 512 g/mol.